The number of ether oxygens (including phenoxy) is 1. The molecule has 2 amide bonds. The highest BCUT2D eigenvalue weighted by Crippen LogP contribution is 2.33. The Morgan fingerprint density at radius 1 is 1.13 bits per heavy atom. The predicted molar refractivity (Wildman–Crippen MR) is 131 cm³/mol. The molecule has 31 heavy (non-hydrogen) atoms. The minimum atomic E-state index is -0.0527. The summed E-state index contributed by atoms with van der Waals surface area (Å²) in [5.41, 5.74) is 2.84. The van der Waals surface area contributed by atoms with Gasteiger partial charge in [-0.25, -0.2) is 0 Å². The molecule has 2 aromatic carbocycles. The number of thiocarbonyl (C=S) groups is 1. The summed E-state index contributed by atoms with van der Waals surface area (Å²) in [5.74, 6) is 0.739. The zero-order valence-electron chi connectivity index (χ0n) is 17.7. The van der Waals surface area contributed by atoms with E-state index in [4.69, 9.17) is 17.0 Å². The molecule has 0 unspecified atom stereocenters. The first-order valence-electron chi connectivity index (χ1n) is 10.2. The van der Waals surface area contributed by atoms with E-state index in [1.54, 1.807) is 12.0 Å². The van der Waals surface area contributed by atoms with Gasteiger partial charge in [0.05, 0.1) is 12.0 Å². The van der Waals surface area contributed by atoms with Crippen molar-refractivity contribution in [2.24, 2.45) is 0 Å². The molecule has 1 aliphatic heterocycles. The first-order chi connectivity index (χ1) is 15.0. The Morgan fingerprint density at radius 3 is 2.58 bits per heavy atom. The van der Waals surface area contributed by atoms with Crippen LogP contribution in [-0.2, 0) is 9.59 Å². The van der Waals surface area contributed by atoms with Crippen LogP contribution in [0.25, 0.3) is 6.08 Å². The molecule has 0 aliphatic carbocycles. The van der Waals surface area contributed by atoms with E-state index in [0.29, 0.717) is 22.2 Å². The third-order valence-electron chi connectivity index (χ3n) is 4.99. The molecular formula is C24H26N2O3S2. The number of carbonyl (C=O) groups excluding carboxylic acids is 2. The van der Waals surface area contributed by atoms with Gasteiger partial charge in [0.15, 0.2) is 0 Å². The number of rotatable bonds is 9. The fraction of sp³-hybridized carbons (Fsp3) is 0.292. The van der Waals surface area contributed by atoms with Crippen LogP contribution in [0.2, 0.25) is 0 Å². The van der Waals surface area contributed by atoms with Gasteiger partial charge in [0.2, 0.25) is 5.91 Å². The Bertz CT molecular complexity index is 987. The number of nitrogens with one attached hydrogen (secondary N) is 1. The molecule has 1 N–H and O–H groups in total. The highest BCUT2D eigenvalue weighted by molar-refractivity contribution is 8.26. The maximum atomic E-state index is 12.7. The number of unbranched alkanes of at least 4 members (excludes halogenated alkanes) is 2. The number of amides is 2. The van der Waals surface area contributed by atoms with Crippen LogP contribution in [0, 0.1) is 6.92 Å². The zero-order chi connectivity index (χ0) is 22.2. The smallest absolute Gasteiger partial charge is 0.266 e. The lowest BCUT2D eigenvalue weighted by molar-refractivity contribution is -0.122. The second kappa shape index (κ2) is 11.1. The van der Waals surface area contributed by atoms with Crippen molar-refractivity contribution in [3.05, 3.63) is 64.6 Å². The van der Waals surface area contributed by atoms with Crippen LogP contribution in [0.4, 0.5) is 5.69 Å². The van der Waals surface area contributed by atoms with Gasteiger partial charge >= 0.3 is 0 Å². The van der Waals surface area contributed by atoms with Crippen molar-refractivity contribution in [3.63, 3.8) is 0 Å². The predicted octanol–water partition coefficient (Wildman–Crippen LogP) is 5.40. The number of thioether (sulfide) groups is 1. The SMILES string of the molecule is COc1ccc(C=C2SC(=S)N(CCCCCC(=O)Nc3ccccc3C)C2=O)cc1. The van der Waals surface area contributed by atoms with Crippen molar-refractivity contribution in [1.82, 2.24) is 4.90 Å². The van der Waals surface area contributed by atoms with Crippen molar-refractivity contribution in [2.75, 3.05) is 19.0 Å². The van der Waals surface area contributed by atoms with E-state index in [2.05, 4.69) is 5.32 Å². The van der Waals surface area contributed by atoms with E-state index in [1.807, 2.05) is 61.5 Å². The van der Waals surface area contributed by atoms with Crippen molar-refractivity contribution >= 4 is 51.9 Å². The monoisotopic (exact) mass is 454 g/mol. The number of benzene rings is 2. The molecule has 7 heteroatoms. The first kappa shape index (κ1) is 23.0. The van der Waals surface area contributed by atoms with Gasteiger partial charge in [-0.15, -0.1) is 0 Å². The van der Waals surface area contributed by atoms with Crippen LogP contribution < -0.4 is 10.1 Å². The molecule has 2 aromatic rings. The Labute approximate surface area is 192 Å². The van der Waals surface area contributed by atoms with Crippen LogP contribution in [0.15, 0.2) is 53.4 Å². The van der Waals surface area contributed by atoms with Crippen LogP contribution >= 0.6 is 24.0 Å². The van der Waals surface area contributed by atoms with E-state index in [-0.39, 0.29) is 11.8 Å². The zero-order valence-corrected chi connectivity index (χ0v) is 19.4. The number of methoxy groups -OCH3 is 1. The Morgan fingerprint density at radius 2 is 1.87 bits per heavy atom. The number of nitrogens with zero attached hydrogens (tertiary/aromatic N) is 1. The highest BCUT2D eigenvalue weighted by Gasteiger charge is 2.31. The molecule has 0 radical (unpaired) electrons. The number of carbonyl (C=O) groups is 2. The summed E-state index contributed by atoms with van der Waals surface area (Å²) in [5, 5.41) is 2.95. The molecule has 1 saturated heterocycles. The van der Waals surface area contributed by atoms with Crippen LogP contribution in [0.1, 0.15) is 36.8 Å². The average molecular weight is 455 g/mol. The van der Waals surface area contributed by atoms with E-state index in [9.17, 15) is 9.59 Å². The number of hydrogen-bond donors (Lipinski definition) is 1. The second-order valence-corrected chi connectivity index (χ2v) is 8.96. The molecule has 0 bridgehead atoms. The van der Waals surface area contributed by atoms with E-state index >= 15 is 0 Å². The third-order valence-corrected chi connectivity index (χ3v) is 6.37. The largest absolute Gasteiger partial charge is 0.497 e. The van der Waals surface area contributed by atoms with Gasteiger partial charge in [-0.05, 0) is 55.2 Å². The summed E-state index contributed by atoms with van der Waals surface area (Å²) < 4.78 is 5.75. The van der Waals surface area contributed by atoms with Gasteiger partial charge in [-0.3, -0.25) is 14.5 Å². The van der Waals surface area contributed by atoms with Crippen molar-refractivity contribution in [1.29, 1.82) is 0 Å². The lowest BCUT2D eigenvalue weighted by atomic mass is 10.1. The van der Waals surface area contributed by atoms with E-state index in [0.717, 1.165) is 41.8 Å². The summed E-state index contributed by atoms with van der Waals surface area (Å²) in [7, 11) is 1.62. The van der Waals surface area contributed by atoms with Crippen molar-refractivity contribution in [2.45, 2.75) is 32.6 Å². The fourth-order valence-corrected chi connectivity index (χ4v) is 4.51. The maximum Gasteiger partial charge on any atom is 0.266 e. The van der Waals surface area contributed by atoms with Crippen molar-refractivity contribution < 1.29 is 14.3 Å². The maximum absolute atomic E-state index is 12.7. The van der Waals surface area contributed by atoms with Gasteiger partial charge in [0.1, 0.15) is 10.1 Å². The van der Waals surface area contributed by atoms with Crippen LogP contribution in [-0.4, -0.2) is 34.7 Å². The summed E-state index contributed by atoms with van der Waals surface area (Å²) in [6.45, 7) is 2.55. The van der Waals surface area contributed by atoms with Gasteiger partial charge in [0.25, 0.3) is 5.91 Å². The van der Waals surface area contributed by atoms with Gasteiger partial charge in [-0.1, -0.05) is 60.7 Å². The quantitative estimate of drug-likeness (QED) is 0.312. The minimum Gasteiger partial charge on any atom is -0.497 e. The molecule has 3 rings (SSSR count). The Balaban J connectivity index is 1.42. The highest BCUT2D eigenvalue weighted by atomic mass is 32.2. The Hall–Kier alpha value is -2.64. The van der Waals surface area contributed by atoms with E-state index < -0.39 is 0 Å². The fourth-order valence-electron chi connectivity index (χ4n) is 3.20. The average Bonchev–Trinajstić information content (AvgIpc) is 3.03. The van der Waals surface area contributed by atoms with Gasteiger partial charge in [-0.2, -0.15) is 0 Å². The molecule has 1 aliphatic rings. The first-order valence-corrected chi connectivity index (χ1v) is 11.5. The topological polar surface area (TPSA) is 58.6 Å². The summed E-state index contributed by atoms with van der Waals surface area (Å²) in [6.07, 6.45) is 4.75. The van der Waals surface area contributed by atoms with Crippen LogP contribution in [0.5, 0.6) is 5.75 Å². The standard InChI is InChI=1S/C24H26N2O3S2/c1-17-8-5-6-9-20(17)25-22(27)10-4-3-7-15-26-23(28)21(31-24(26)30)16-18-11-13-19(29-2)14-12-18/h5-6,8-9,11-14,16H,3-4,7,10,15H2,1-2H3,(H,25,27). The molecule has 1 fully saturated rings. The molecule has 1 heterocycles. The third kappa shape index (κ3) is 6.42. The van der Waals surface area contributed by atoms with Gasteiger partial charge in [0, 0.05) is 18.7 Å². The molecular weight excluding hydrogens is 428 g/mol. The second-order valence-electron chi connectivity index (χ2n) is 7.28. The minimum absolute atomic E-state index is 0.0161. The molecule has 162 valence electrons. The van der Waals surface area contributed by atoms with Gasteiger partial charge < -0.3 is 10.1 Å². The number of anilines is 1. The number of hydrogen-bond acceptors (Lipinski definition) is 5. The molecule has 0 saturated carbocycles. The molecule has 0 spiro atoms. The number of aryl methyl sites for hydroxylation is 1. The molecule has 0 atom stereocenters. The lowest BCUT2D eigenvalue weighted by Gasteiger charge is -2.14. The summed E-state index contributed by atoms with van der Waals surface area (Å²) >= 11 is 6.73. The van der Waals surface area contributed by atoms with Crippen molar-refractivity contribution in [3.8, 4) is 5.75 Å². The van der Waals surface area contributed by atoms with Crippen LogP contribution in [0.3, 0.4) is 0 Å². The number of para-hydroxylation sites is 1. The molecule has 0 aromatic heterocycles. The van der Waals surface area contributed by atoms with E-state index in [1.165, 1.54) is 11.8 Å². The molecule has 5 nitrogen and oxygen atoms in total. The Kier molecular flexibility index (Phi) is 8.26. The lowest BCUT2D eigenvalue weighted by Crippen LogP contribution is -2.29. The summed E-state index contributed by atoms with van der Waals surface area (Å²) in [6, 6.07) is 15.3. The summed E-state index contributed by atoms with van der Waals surface area (Å²) in [4.78, 5) is 27.1. The normalized spacial score (nSPS) is 14.9.